The van der Waals surface area contributed by atoms with E-state index in [9.17, 15) is 9.59 Å². The van der Waals surface area contributed by atoms with E-state index in [1.165, 1.54) is 0 Å². The van der Waals surface area contributed by atoms with E-state index in [4.69, 9.17) is 0 Å². The maximum Gasteiger partial charge on any atom is 0.290 e. The van der Waals surface area contributed by atoms with E-state index in [1.54, 1.807) is 6.08 Å². The third-order valence-electron chi connectivity index (χ3n) is 4.15. The molecule has 7 heteroatoms. The summed E-state index contributed by atoms with van der Waals surface area (Å²) in [6.45, 7) is 1.95. The lowest BCUT2D eigenvalue weighted by Crippen LogP contribution is -2.31. The molecule has 0 spiro atoms. The highest BCUT2D eigenvalue weighted by atomic mass is 79.9. The maximum absolute atomic E-state index is 11.8. The van der Waals surface area contributed by atoms with Crippen molar-refractivity contribution in [1.29, 1.82) is 0 Å². The quantitative estimate of drug-likeness (QED) is 0.797. The fourth-order valence-electron chi connectivity index (χ4n) is 2.87. The topological polar surface area (TPSA) is 52.6 Å². The van der Waals surface area contributed by atoms with Crippen LogP contribution in [0.1, 0.15) is 12.0 Å². The van der Waals surface area contributed by atoms with Crippen molar-refractivity contribution in [3.05, 3.63) is 33.1 Å². The predicted molar refractivity (Wildman–Crippen MR) is 97.6 cm³/mol. The predicted octanol–water partition coefficient (Wildman–Crippen LogP) is 2.91. The van der Waals surface area contributed by atoms with Crippen LogP contribution in [0.5, 0.6) is 0 Å². The van der Waals surface area contributed by atoms with Crippen molar-refractivity contribution >= 4 is 50.6 Å². The standard InChI is InChI=1S/C16H18BrN3O2S/c1-19(2)12-5-6-20(9-12)13-4-3-11(17)7-10(13)8-14-15(21)18-16(22)23-14/h3-4,7-8,12H,5-6,9H2,1-2H3,(H,18,21,22)/b14-8-/t12-/m0/s1. The molecule has 2 amide bonds. The van der Waals surface area contributed by atoms with Crippen molar-refractivity contribution in [2.24, 2.45) is 0 Å². The van der Waals surface area contributed by atoms with Crippen molar-refractivity contribution in [2.75, 3.05) is 32.1 Å². The third kappa shape index (κ3) is 3.62. The molecule has 122 valence electrons. The minimum absolute atomic E-state index is 0.313. The SMILES string of the molecule is CN(C)[C@H]1CCN(c2ccc(Br)cc2/C=C2\SC(=O)NC2=O)C1. The summed E-state index contributed by atoms with van der Waals surface area (Å²) >= 11 is 4.44. The normalized spacial score (nSPS) is 23.2. The summed E-state index contributed by atoms with van der Waals surface area (Å²) in [6, 6.07) is 6.59. The Balaban J connectivity index is 1.92. The molecule has 1 N–H and O–H groups in total. The zero-order chi connectivity index (χ0) is 16.6. The number of amides is 2. The average Bonchev–Trinajstić information content (AvgIpc) is 3.07. The van der Waals surface area contributed by atoms with Crippen LogP contribution < -0.4 is 10.2 Å². The van der Waals surface area contributed by atoms with Crippen LogP contribution in [0, 0.1) is 0 Å². The van der Waals surface area contributed by atoms with Crippen LogP contribution in [0.2, 0.25) is 0 Å². The van der Waals surface area contributed by atoms with Gasteiger partial charge < -0.3 is 9.80 Å². The first-order valence-corrected chi connectivity index (χ1v) is 9.01. The molecule has 5 nitrogen and oxygen atoms in total. The highest BCUT2D eigenvalue weighted by molar-refractivity contribution is 9.10. The first-order valence-electron chi connectivity index (χ1n) is 7.40. The Morgan fingerprint density at radius 2 is 2.17 bits per heavy atom. The molecule has 0 saturated carbocycles. The molecule has 2 saturated heterocycles. The summed E-state index contributed by atoms with van der Waals surface area (Å²) in [4.78, 5) is 28.2. The number of nitrogens with zero attached hydrogens (tertiary/aromatic N) is 2. The lowest BCUT2D eigenvalue weighted by molar-refractivity contribution is -0.115. The molecule has 3 rings (SSSR count). The summed E-state index contributed by atoms with van der Waals surface area (Å²) in [5, 5.41) is 1.98. The molecule has 1 aromatic rings. The van der Waals surface area contributed by atoms with Crippen molar-refractivity contribution in [3.8, 4) is 0 Å². The van der Waals surface area contributed by atoms with E-state index >= 15 is 0 Å². The number of thioether (sulfide) groups is 1. The number of benzene rings is 1. The van der Waals surface area contributed by atoms with Gasteiger partial charge in [0.05, 0.1) is 4.91 Å². The van der Waals surface area contributed by atoms with E-state index < -0.39 is 0 Å². The van der Waals surface area contributed by atoms with Crippen LogP contribution in [0.25, 0.3) is 6.08 Å². The second-order valence-corrected chi connectivity index (χ2v) is 7.84. The summed E-state index contributed by atoms with van der Waals surface area (Å²) in [7, 11) is 4.20. The van der Waals surface area contributed by atoms with E-state index in [-0.39, 0.29) is 11.1 Å². The minimum atomic E-state index is -0.321. The van der Waals surface area contributed by atoms with Gasteiger partial charge in [-0.15, -0.1) is 0 Å². The summed E-state index contributed by atoms with van der Waals surface area (Å²) in [6.07, 6.45) is 2.92. The second-order valence-electron chi connectivity index (χ2n) is 5.91. The fraction of sp³-hybridized carbons (Fsp3) is 0.375. The van der Waals surface area contributed by atoms with Gasteiger partial charge >= 0.3 is 0 Å². The molecule has 2 aliphatic heterocycles. The molecule has 2 aliphatic rings. The number of likely N-dealkylation sites (N-methyl/N-ethyl adjacent to an activating group) is 1. The Bertz CT molecular complexity index is 690. The second kappa shape index (κ2) is 6.67. The number of hydrogen-bond acceptors (Lipinski definition) is 5. The lowest BCUT2D eigenvalue weighted by Gasteiger charge is -2.23. The molecular weight excluding hydrogens is 378 g/mol. The largest absolute Gasteiger partial charge is 0.369 e. The Labute approximate surface area is 148 Å². The van der Waals surface area contributed by atoms with E-state index in [0.29, 0.717) is 10.9 Å². The minimum Gasteiger partial charge on any atom is -0.369 e. The van der Waals surface area contributed by atoms with Crippen LogP contribution in [0.3, 0.4) is 0 Å². The van der Waals surface area contributed by atoms with Gasteiger partial charge in [0, 0.05) is 34.9 Å². The molecule has 0 aromatic heterocycles. The summed E-state index contributed by atoms with van der Waals surface area (Å²) < 4.78 is 0.950. The molecule has 1 aromatic carbocycles. The van der Waals surface area contributed by atoms with Crippen molar-refractivity contribution in [2.45, 2.75) is 12.5 Å². The number of carbonyl (C=O) groups is 2. The third-order valence-corrected chi connectivity index (χ3v) is 5.46. The van der Waals surface area contributed by atoms with E-state index in [2.05, 4.69) is 51.2 Å². The number of halogens is 1. The number of hydrogen-bond donors (Lipinski definition) is 1. The molecule has 0 aliphatic carbocycles. The number of anilines is 1. The molecule has 23 heavy (non-hydrogen) atoms. The molecule has 0 radical (unpaired) electrons. The van der Waals surface area contributed by atoms with Crippen LogP contribution in [-0.4, -0.2) is 49.3 Å². The van der Waals surface area contributed by atoms with Gasteiger partial charge in [0.25, 0.3) is 11.1 Å². The highest BCUT2D eigenvalue weighted by Gasteiger charge is 2.28. The Morgan fingerprint density at radius 1 is 1.39 bits per heavy atom. The molecule has 0 bridgehead atoms. The first-order chi connectivity index (χ1) is 10.9. The van der Waals surface area contributed by atoms with E-state index in [1.807, 2.05) is 12.1 Å². The smallest absolute Gasteiger partial charge is 0.290 e. The van der Waals surface area contributed by atoms with Gasteiger partial charge in [0.2, 0.25) is 0 Å². The van der Waals surface area contributed by atoms with Gasteiger partial charge in [-0.2, -0.15) is 0 Å². The van der Waals surface area contributed by atoms with Crippen LogP contribution in [0.4, 0.5) is 10.5 Å². The Hall–Kier alpha value is -1.31. The van der Waals surface area contributed by atoms with Gasteiger partial charge in [-0.3, -0.25) is 14.9 Å². The summed E-state index contributed by atoms with van der Waals surface area (Å²) in [5.74, 6) is -0.321. The molecule has 0 unspecified atom stereocenters. The molecule has 2 fully saturated rings. The number of rotatable bonds is 3. The fourth-order valence-corrected chi connectivity index (χ4v) is 3.93. The zero-order valence-electron chi connectivity index (χ0n) is 13.0. The van der Waals surface area contributed by atoms with Gasteiger partial charge in [0.15, 0.2) is 0 Å². The lowest BCUT2D eigenvalue weighted by atomic mass is 10.1. The monoisotopic (exact) mass is 395 g/mol. The molecule has 2 heterocycles. The van der Waals surface area contributed by atoms with Crippen LogP contribution in [0.15, 0.2) is 27.6 Å². The van der Waals surface area contributed by atoms with Crippen molar-refractivity contribution < 1.29 is 9.59 Å². The van der Waals surface area contributed by atoms with Crippen LogP contribution in [-0.2, 0) is 4.79 Å². The van der Waals surface area contributed by atoms with E-state index in [0.717, 1.165) is 47.0 Å². The van der Waals surface area contributed by atoms with Gasteiger partial charge in [0.1, 0.15) is 0 Å². The zero-order valence-corrected chi connectivity index (χ0v) is 15.4. The Morgan fingerprint density at radius 3 is 2.78 bits per heavy atom. The molecule has 1 atom stereocenters. The summed E-state index contributed by atoms with van der Waals surface area (Å²) in [5.41, 5.74) is 2.05. The van der Waals surface area contributed by atoms with Gasteiger partial charge in [-0.1, -0.05) is 15.9 Å². The Kier molecular flexibility index (Phi) is 4.79. The first kappa shape index (κ1) is 16.5. The number of imide groups is 1. The number of nitrogens with one attached hydrogen (secondary N) is 1. The maximum atomic E-state index is 11.8. The van der Waals surface area contributed by atoms with Crippen molar-refractivity contribution in [3.63, 3.8) is 0 Å². The molecular formula is C16H18BrN3O2S. The average molecular weight is 396 g/mol. The number of carbonyl (C=O) groups excluding carboxylic acids is 2. The van der Waals surface area contributed by atoms with Gasteiger partial charge in [-0.05, 0) is 56.6 Å². The van der Waals surface area contributed by atoms with Crippen LogP contribution >= 0.6 is 27.7 Å². The highest BCUT2D eigenvalue weighted by Crippen LogP contribution is 2.33. The van der Waals surface area contributed by atoms with Gasteiger partial charge in [-0.25, -0.2) is 0 Å². The van der Waals surface area contributed by atoms with Crippen molar-refractivity contribution in [1.82, 2.24) is 10.2 Å².